The summed E-state index contributed by atoms with van der Waals surface area (Å²) in [5.74, 6) is 0.106. The summed E-state index contributed by atoms with van der Waals surface area (Å²) in [5.41, 5.74) is -0.830. The van der Waals surface area contributed by atoms with Crippen LogP contribution in [0.15, 0.2) is 41.1 Å². The molecule has 0 aliphatic heterocycles. The molecule has 0 atom stereocenters. The Hall–Kier alpha value is -1.63. The summed E-state index contributed by atoms with van der Waals surface area (Å²) in [6.45, 7) is 0. The summed E-state index contributed by atoms with van der Waals surface area (Å²) in [6.07, 6.45) is -1.52. The minimum atomic E-state index is -4.42. The first-order chi connectivity index (χ1) is 8.47. The fourth-order valence-corrected chi connectivity index (χ4v) is 1.54. The normalized spacial score (nSPS) is 11.3. The Bertz CT molecular complexity index is 540. The number of hydrogen-bond donors (Lipinski definition) is 1. The quantitative estimate of drug-likeness (QED) is 0.909. The van der Waals surface area contributed by atoms with Gasteiger partial charge in [0.25, 0.3) is 0 Å². The molecule has 1 aromatic heterocycles. The highest BCUT2D eigenvalue weighted by atomic mass is 79.9. The Labute approximate surface area is 109 Å². The van der Waals surface area contributed by atoms with Crippen molar-refractivity contribution in [3.63, 3.8) is 0 Å². The highest BCUT2D eigenvalue weighted by molar-refractivity contribution is 9.10. The SMILES string of the molecule is FC(F)(F)c1ccccc1Nc1ncc(Br)cn1. The average Bonchev–Trinajstić information content (AvgIpc) is 2.31. The molecular formula is C11H7BrF3N3. The molecule has 1 N–H and O–H groups in total. The summed E-state index contributed by atoms with van der Waals surface area (Å²) in [7, 11) is 0. The Balaban J connectivity index is 2.32. The van der Waals surface area contributed by atoms with Crippen molar-refractivity contribution >= 4 is 27.6 Å². The number of halogens is 4. The number of anilines is 2. The minimum Gasteiger partial charge on any atom is -0.324 e. The van der Waals surface area contributed by atoms with Crippen molar-refractivity contribution in [3.05, 3.63) is 46.7 Å². The van der Waals surface area contributed by atoms with Gasteiger partial charge in [-0.2, -0.15) is 13.2 Å². The van der Waals surface area contributed by atoms with E-state index in [1.165, 1.54) is 30.6 Å². The first kappa shape index (κ1) is 12.8. The van der Waals surface area contributed by atoms with Crippen molar-refractivity contribution in [1.82, 2.24) is 9.97 Å². The van der Waals surface area contributed by atoms with E-state index in [2.05, 4.69) is 31.2 Å². The molecule has 1 heterocycles. The Morgan fingerprint density at radius 3 is 2.28 bits per heavy atom. The summed E-state index contributed by atoms with van der Waals surface area (Å²) < 4.78 is 38.8. The van der Waals surface area contributed by atoms with Gasteiger partial charge in [-0.3, -0.25) is 0 Å². The molecule has 0 amide bonds. The van der Waals surface area contributed by atoms with Gasteiger partial charge in [-0.05, 0) is 28.1 Å². The molecule has 7 heteroatoms. The van der Waals surface area contributed by atoms with E-state index >= 15 is 0 Å². The molecule has 18 heavy (non-hydrogen) atoms. The molecule has 0 radical (unpaired) electrons. The van der Waals surface area contributed by atoms with Crippen LogP contribution in [0, 0.1) is 0 Å². The average molecular weight is 318 g/mol. The molecule has 2 aromatic rings. The standard InChI is InChI=1S/C11H7BrF3N3/c12-7-5-16-10(17-6-7)18-9-4-2-1-3-8(9)11(13,14)15/h1-6H,(H,16,17,18). The van der Waals surface area contributed by atoms with Crippen LogP contribution in [0.5, 0.6) is 0 Å². The summed E-state index contributed by atoms with van der Waals surface area (Å²) >= 11 is 3.14. The number of nitrogens with zero attached hydrogens (tertiary/aromatic N) is 2. The van der Waals surface area contributed by atoms with Crippen LogP contribution in [0.1, 0.15) is 5.56 Å². The van der Waals surface area contributed by atoms with E-state index in [-0.39, 0.29) is 11.6 Å². The second kappa shape index (κ2) is 4.93. The largest absolute Gasteiger partial charge is 0.418 e. The highest BCUT2D eigenvalue weighted by Crippen LogP contribution is 2.35. The number of benzene rings is 1. The second-order valence-corrected chi connectivity index (χ2v) is 4.31. The lowest BCUT2D eigenvalue weighted by molar-refractivity contribution is -0.136. The van der Waals surface area contributed by atoms with E-state index in [0.29, 0.717) is 4.47 Å². The van der Waals surface area contributed by atoms with E-state index in [4.69, 9.17) is 0 Å². The fraction of sp³-hybridized carbons (Fsp3) is 0.0909. The third-order valence-electron chi connectivity index (χ3n) is 2.10. The van der Waals surface area contributed by atoms with Crippen LogP contribution in [0.3, 0.4) is 0 Å². The smallest absolute Gasteiger partial charge is 0.324 e. The molecule has 94 valence electrons. The summed E-state index contributed by atoms with van der Waals surface area (Å²) in [5, 5.41) is 2.54. The van der Waals surface area contributed by atoms with Crippen LogP contribution in [0.4, 0.5) is 24.8 Å². The van der Waals surface area contributed by atoms with Crippen molar-refractivity contribution in [3.8, 4) is 0 Å². The molecule has 0 fully saturated rings. The van der Waals surface area contributed by atoms with Gasteiger partial charge in [0, 0.05) is 12.4 Å². The predicted molar refractivity (Wildman–Crippen MR) is 64.5 cm³/mol. The molecule has 3 nitrogen and oxygen atoms in total. The molecule has 0 spiro atoms. The Morgan fingerprint density at radius 1 is 1.06 bits per heavy atom. The van der Waals surface area contributed by atoms with Crippen molar-refractivity contribution < 1.29 is 13.2 Å². The lowest BCUT2D eigenvalue weighted by atomic mass is 10.1. The van der Waals surface area contributed by atoms with Gasteiger partial charge in [0.1, 0.15) is 0 Å². The molecular weight excluding hydrogens is 311 g/mol. The van der Waals surface area contributed by atoms with Crippen LogP contribution in [0.2, 0.25) is 0 Å². The first-order valence-corrected chi connectivity index (χ1v) is 5.67. The number of nitrogens with one attached hydrogen (secondary N) is 1. The van der Waals surface area contributed by atoms with Crippen LogP contribution in [-0.2, 0) is 6.18 Å². The van der Waals surface area contributed by atoms with Crippen molar-refractivity contribution in [2.75, 3.05) is 5.32 Å². The molecule has 0 aliphatic carbocycles. The molecule has 2 rings (SSSR count). The van der Waals surface area contributed by atoms with Crippen LogP contribution in [-0.4, -0.2) is 9.97 Å². The van der Waals surface area contributed by atoms with Gasteiger partial charge in [0.2, 0.25) is 5.95 Å². The van der Waals surface area contributed by atoms with E-state index in [1.54, 1.807) is 0 Å². The third kappa shape index (κ3) is 2.98. The van der Waals surface area contributed by atoms with E-state index < -0.39 is 11.7 Å². The molecule has 0 unspecified atom stereocenters. The zero-order valence-corrected chi connectivity index (χ0v) is 10.5. The highest BCUT2D eigenvalue weighted by Gasteiger charge is 2.33. The van der Waals surface area contributed by atoms with Gasteiger partial charge >= 0.3 is 6.18 Å². The van der Waals surface area contributed by atoms with Crippen LogP contribution >= 0.6 is 15.9 Å². The maximum Gasteiger partial charge on any atom is 0.418 e. The van der Waals surface area contributed by atoms with Crippen LogP contribution < -0.4 is 5.32 Å². The van der Waals surface area contributed by atoms with Gasteiger partial charge in [-0.1, -0.05) is 12.1 Å². The Morgan fingerprint density at radius 2 is 1.67 bits per heavy atom. The van der Waals surface area contributed by atoms with Gasteiger partial charge in [0.05, 0.1) is 15.7 Å². The third-order valence-corrected chi connectivity index (χ3v) is 2.51. The number of hydrogen-bond acceptors (Lipinski definition) is 3. The first-order valence-electron chi connectivity index (χ1n) is 4.87. The number of alkyl halides is 3. The molecule has 0 saturated carbocycles. The van der Waals surface area contributed by atoms with Gasteiger partial charge in [-0.15, -0.1) is 0 Å². The maximum absolute atomic E-state index is 12.7. The predicted octanol–water partition coefficient (Wildman–Crippen LogP) is 4.00. The van der Waals surface area contributed by atoms with Gasteiger partial charge in [0.15, 0.2) is 0 Å². The minimum absolute atomic E-state index is 0.0766. The van der Waals surface area contributed by atoms with E-state index in [9.17, 15) is 13.2 Å². The topological polar surface area (TPSA) is 37.8 Å². The lowest BCUT2D eigenvalue weighted by Gasteiger charge is -2.13. The summed E-state index contributed by atoms with van der Waals surface area (Å²) in [6, 6.07) is 5.17. The van der Waals surface area contributed by atoms with Crippen molar-refractivity contribution in [2.24, 2.45) is 0 Å². The molecule has 1 aromatic carbocycles. The zero-order valence-electron chi connectivity index (χ0n) is 8.87. The number of para-hydroxylation sites is 1. The molecule has 0 bridgehead atoms. The number of rotatable bonds is 2. The number of aromatic nitrogens is 2. The van der Waals surface area contributed by atoms with E-state index in [1.807, 2.05) is 0 Å². The van der Waals surface area contributed by atoms with Crippen molar-refractivity contribution in [1.29, 1.82) is 0 Å². The monoisotopic (exact) mass is 317 g/mol. The summed E-state index contributed by atoms with van der Waals surface area (Å²) in [4.78, 5) is 7.72. The fourth-order valence-electron chi connectivity index (χ4n) is 1.34. The Kier molecular flexibility index (Phi) is 3.51. The second-order valence-electron chi connectivity index (χ2n) is 3.39. The maximum atomic E-state index is 12.7. The molecule has 0 aliphatic rings. The zero-order chi connectivity index (χ0) is 13.2. The molecule has 0 saturated heterocycles. The van der Waals surface area contributed by atoms with Crippen molar-refractivity contribution in [2.45, 2.75) is 6.18 Å². The van der Waals surface area contributed by atoms with Gasteiger partial charge < -0.3 is 5.32 Å². The van der Waals surface area contributed by atoms with Gasteiger partial charge in [-0.25, -0.2) is 9.97 Å². The van der Waals surface area contributed by atoms with E-state index in [0.717, 1.165) is 6.07 Å². The van der Waals surface area contributed by atoms with Crippen LogP contribution in [0.25, 0.3) is 0 Å². The lowest BCUT2D eigenvalue weighted by Crippen LogP contribution is -2.09.